The van der Waals surface area contributed by atoms with Gasteiger partial charge < -0.3 is 5.11 Å². The number of phenols is 1. The molecule has 3 atom stereocenters. The summed E-state index contributed by atoms with van der Waals surface area (Å²) in [7, 11) is -3.51. The third-order valence-corrected chi connectivity index (χ3v) is 8.65. The van der Waals surface area contributed by atoms with Crippen LogP contribution in [-0.2, 0) is 10.0 Å². The van der Waals surface area contributed by atoms with Crippen LogP contribution in [0.5, 0.6) is 5.75 Å². The summed E-state index contributed by atoms with van der Waals surface area (Å²) in [5.74, 6) is 0.226. The fraction of sp³-hybridized carbons (Fsp3) is 0.462. The highest BCUT2D eigenvalue weighted by atomic mass is 32.2. The normalized spacial score (nSPS) is 21.2. The molecule has 0 radical (unpaired) electrons. The zero-order valence-corrected chi connectivity index (χ0v) is 21.0. The summed E-state index contributed by atoms with van der Waals surface area (Å²) in [6.07, 6.45) is 1.95. The summed E-state index contributed by atoms with van der Waals surface area (Å²) in [4.78, 5) is 5.18. The highest BCUT2D eigenvalue weighted by Crippen LogP contribution is 2.35. The lowest BCUT2D eigenvalue weighted by molar-refractivity contribution is 0.0306. The molecule has 3 rings (SSSR count). The van der Waals surface area contributed by atoms with E-state index in [0.717, 1.165) is 30.8 Å². The maximum absolute atomic E-state index is 13.0. The Kier molecular flexibility index (Phi) is 8.34. The number of phenolic OH excluding ortho intramolecular Hbond substituents is 1. The molecule has 6 nitrogen and oxygen atoms in total. The lowest BCUT2D eigenvalue weighted by Gasteiger charge is -2.47. The Balaban J connectivity index is 2.00. The summed E-state index contributed by atoms with van der Waals surface area (Å²) in [6, 6.07) is 15.1. The van der Waals surface area contributed by atoms with Crippen LogP contribution in [0.4, 0.5) is 0 Å². The van der Waals surface area contributed by atoms with Crippen molar-refractivity contribution in [3.8, 4) is 5.75 Å². The Labute approximate surface area is 199 Å². The monoisotopic (exact) mass is 471 g/mol. The molecule has 0 aromatic heterocycles. The van der Waals surface area contributed by atoms with E-state index in [4.69, 9.17) is 0 Å². The summed E-state index contributed by atoms with van der Waals surface area (Å²) in [5.41, 5.74) is 2.00. The fourth-order valence-electron chi connectivity index (χ4n) is 4.81. The van der Waals surface area contributed by atoms with Gasteiger partial charge in [0.15, 0.2) is 0 Å². The second kappa shape index (κ2) is 10.8. The molecule has 2 aromatic carbocycles. The van der Waals surface area contributed by atoms with Gasteiger partial charge in [0.1, 0.15) is 5.75 Å². The predicted molar refractivity (Wildman–Crippen MR) is 134 cm³/mol. The number of hydrogen-bond donors (Lipinski definition) is 1. The Morgan fingerprint density at radius 2 is 1.73 bits per heavy atom. The van der Waals surface area contributed by atoms with Crippen LogP contribution in [-0.4, -0.2) is 72.4 Å². The minimum atomic E-state index is -3.51. The molecule has 0 spiro atoms. The van der Waals surface area contributed by atoms with Gasteiger partial charge in [-0.3, -0.25) is 9.80 Å². The van der Waals surface area contributed by atoms with Crippen molar-refractivity contribution >= 4 is 10.0 Å². The Morgan fingerprint density at radius 1 is 1.06 bits per heavy atom. The van der Waals surface area contributed by atoms with Crippen LogP contribution in [0.2, 0.25) is 0 Å². The van der Waals surface area contributed by atoms with Crippen molar-refractivity contribution in [3.05, 3.63) is 72.3 Å². The smallest absolute Gasteiger partial charge is 0.243 e. The van der Waals surface area contributed by atoms with Gasteiger partial charge in [-0.05, 0) is 49.2 Å². The molecule has 0 amide bonds. The summed E-state index contributed by atoms with van der Waals surface area (Å²) >= 11 is 0. The fourth-order valence-corrected chi connectivity index (χ4v) is 6.27. The second-order valence-corrected chi connectivity index (χ2v) is 10.7. The van der Waals surface area contributed by atoms with Crippen LogP contribution in [0.1, 0.15) is 44.9 Å². The van der Waals surface area contributed by atoms with Crippen molar-refractivity contribution in [1.29, 1.82) is 0 Å². The molecule has 1 fully saturated rings. The average molecular weight is 472 g/mol. The number of piperazine rings is 1. The van der Waals surface area contributed by atoms with E-state index < -0.39 is 10.0 Å². The highest BCUT2D eigenvalue weighted by Gasteiger charge is 2.34. The van der Waals surface area contributed by atoms with E-state index in [1.165, 1.54) is 4.31 Å². The van der Waals surface area contributed by atoms with Crippen molar-refractivity contribution in [2.75, 3.05) is 32.7 Å². The number of rotatable bonds is 9. The Morgan fingerprint density at radius 3 is 2.30 bits per heavy atom. The number of nitrogens with zero attached hydrogens (tertiary/aromatic N) is 3. The Bertz CT molecular complexity index is 1040. The van der Waals surface area contributed by atoms with E-state index in [0.29, 0.717) is 24.0 Å². The van der Waals surface area contributed by atoms with Gasteiger partial charge >= 0.3 is 0 Å². The molecular formula is C26H37N3O3S. The maximum Gasteiger partial charge on any atom is 0.243 e. The molecule has 0 bridgehead atoms. The zero-order chi connectivity index (χ0) is 24.2. The van der Waals surface area contributed by atoms with Gasteiger partial charge in [-0.2, -0.15) is 4.31 Å². The minimum absolute atomic E-state index is 0.0920. The van der Waals surface area contributed by atoms with E-state index in [9.17, 15) is 13.5 Å². The molecule has 1 aliphatic rings. The average Bonchev–Trinajstić information content (AvgIpc) is 2.78. The van der Waals surface area contributed by atoms with E-state index in [2.05, 4.69) is 30.2 Å². The molecule has 180 valence electrons. The molecular weight excluding hydrogens is 434 g/mol. The first-order chi connectivity index (χ1) is 15.7. The summed E-state index contributed by atoms with van der Waals surface area (Å²) < 4.78 is 27.4. The molecule has 7 heteroatoms. The van der Waals surface area contributed by atoms with E-state index in [-0.39, 0.29) is 17.8 Å². The van der Waals surface area contributed by atoms with Crippen molar-refractivity contribution in [1.82, 2.24) is 14.1 Å². The second-order valence-electron chi connectivity index (χ2n) is 8.79. The van der Waals surface area contributed by atoms with Gasteiger partial charge in [-0.1, -0.05) is 44.2 Å². The van der Waals surface area contributed by atoms with Gasteiger partial charge in [0.2, 0.25) is 10.0 Å². The number of aromatic hydroxyl groups is 1. The minimum Gasteiger partial charge on any atom is -0.508 e. The van der Waals surface area contributed by atoms with Crippen LogP contribution < -0.4 is 0 Å². The third-order valence-electron chi connectivity index (χ3n) is 6.58. The van der Waals surface area contributed by atoms with Gasteiger partial charge in [-0.25, -0.2) is 8.42 Å². The number of hydrogen-bond acceptors (Lipinski definition) is 5. The van der Waals surface area contributed by atoms with Crippen molar-refractivity contribution < 1.29 is 13.5 Å². The SMILES string of the molecule is C=CCN1C[C@H](C)N([C@H](c2ccc(S(=O)(=O)N(CC)CC)cc2)c2cccc(O)c2)C[C@H]1C. The van der Waals surface area contributed by atoms with E-state index in [1.807, 2.05) is 44.2 Å². The van der Waals surface area contributed by atoms with E-state index in [1.54, 1.807) is 24.3 Å². The molecule has 0 unspecified atom stereocenters. The third kappa shape index (κ3) is 5.49. The van der Waals surface area contributed by atoms with Gasteiger partial charge in [0.05, 0.1) is 10.9 Å². The summed E-state index contributed by atoms with van der Waals surface area (Å²) in [5, 5.41) is 10.2. The molecule has 1 heterocycles. The first-order valence-electron chi connectivity index (χ1n) is 11.7. The van der Waals surface area contributed by atoms with Gasteiger partial charge in [-0.15, -0.1) is 6.58 Å². The largest absolute Gasteiger partial charge is 0.508 e. The quantitative estimate of drug-likeness (QED) is 0.558. The molecule has 2 aromatic rings. The maximum atomic E-state index is 13.0. The molecule has 33 heavy (non-hydrogen) atoms. The lowest BCUT2D eigenvalue weighted by atomic mass is 9.93. The predicted octanol–water partition coefficient (Wildman–Crippen LogP) is 4.09. The van der Waals surface area contributed by atoms with Crippen molar-refractivity contribution in [2.24, 2.45) is 0 Å². The topological polar surface area (TPSA) is 64.1 Å². The van der Waals surface area contributed by atoms with Gasteiger partial charge in [0, 0.05) is 44.8 Å². The first-order valence-corrected chi connectivity index (χ1v) is 13.2. The molecule has 1 aliphatic heterocycles. The highest BCUT2D eigenvalue weighted by molar-refractivity contribution is 7.89. The molecule has 0 aliphatic carbocycles. The van der Waals surface area contributed by atoms with E-state index >= 15 is 0 Å². The lowest BCUT2D eigenvalue weighted by Crippen LogP contribution is -2.57. The van der Waals surface area contributed by atoms with Gasteiger partial charge in [0.25, 0.3) is 0 Å². The van der Waals surface area contributed by atoms with Crippen molar-refractivity contribution in [2.45, 2.75) is 50.7 Å². The first kappa shape index (κ1) is 25.4. The van der Waals surface area contributed by atoms with Crippen LogP contribution in [0, 0.1) is 0 Å². The van der Waals surface area contributed by atoms with Crippen LogP contribution in [0.15, 0.2) is 66.1 Å². The number of benzene rings is 2. The Hall–Kier alpha value is -2.19. The van der Waals surface area contributed by atoms with Crippen LogP contribution in [0.3, 0.4) is 0 Å². The zero-order valence-electron chi connectivity index (χ0n) is 20.2. The molecule has 1 N–H and O–H groups in total. The van der Waals surface area contributed by atoms with Crippen LogP contribution in [0.25, 0.3) is 0 Å². The van der Waals surface area contributed by atoms with Crippen molar-refractivity contribution in [3.63, 3.8) is 0 Å². The standard InChI is InChI=1S/C26H37N3O3S/c1-6-16-27-18-21(5)29(19-20(27)4)26(23-10-9-11-24(30)17-23)22-12-14-25(15-13-22)33(31,32)28(7-2)8-3/h6,9-15,17,20-21,26,30H,1,7-8,16,18-19H2,2-5H3/t20-,21+,26-/m1/s1. The molecule has 0 saturated carbocycles. The van der Waals surface area contributed by atoms with Crippen LogP contribution >= 0.6 is 0 Å². The molecule has 1 saturated heterocycles. The number of sulfonamides is 1. The summed E-state index contributed by atoms with van der Waals surface area (Å²) in [6.45, 7) is 15.5.